The maximum absolute atomic E-state index is 4.36. The van der Waals surface area contributed by atoms with Crippen molar-refractivity contribution in [3.63, 3.8) is 0 Å². The van der Waals surface area contributed by atoms with Crippen LogP contribution in [0.4, 0.5) is 0 Å². The second-order valence-electron chi connectivity index (χ2n) is 6.92. The van der Waals surface area contributed by atoms with E-state index in [1.54, 1.807) is 0 Å². The third kappa shape index (κ3) is 5.87. The van der Waals surface area contributed by atoms with Crippen LogP contribution in [0.25, 0.3) is 0 Å². The number of aliphatic imine (C=N–C) groups is 1. The van der Waals surface area contributed by atoms with Crippen LogP contribution in [0.3, 0.4) is 0 Å². The monoisotopic (exact) mass is 316 g/mol. The maximum atomic E-state index is 4.36. The third-order valence-electron chi connectivity index (χ3n) is 4.69. The number of guanidine groups is 1. The van der Waals surface area contributed by atoms with Gasteiger partial charge in [-0.15, -0.1) is 0 Å². The Morgan fingerprint density at radius 3 is 2.91 bits per heavy atom. The fourth-order valence-electron chi connectivity index (χ4n) is 3.25. The molecule has 23 heavy (non-hydrogen) atoms. The van der Waals surface area contributed by atoms with Gasteiger partial charge >= 0.3 is 0 Å². The predicted octanol–water partition coefficient (Wildman–Crippen LogP) is 2.61. The maximum Gasteiger partial charge on any atom is 0.191 e. The highest BCUT2D eigenvalue weighted by atomic mass is 15.2. The van der Waals surface area contributed by atoms with Crippen molar-refractivity contribution in [2.24, 2.45) is 10.9 Å². The van der Waals surface area contributed by atoms with Crippen LogP contribution in [0.5, 0.6) is 0 Å². The summed E-state index contributed by atoms with van der Waals surface area (Å²) in [6, 6.07) is 8.74. The van der Waals surface area contributed by atoms with Crippen molar-refractivity contribution in [3.05, 3.63) is 35.4 Å². The summed E-state index contributed by atoms with van der Waals surface area (Å²) >= 11 is 0. The molecule has 4 heteroatoms. The zero-order chi connectivity index (χ0) is 16.7. The Morgan fingerprint density at radius 1 is 1.39 bits per heavy atom. The Kier molecular flexibility index (Phi) is 6.90. The molecule has 0 amide bonds. The first-order valence-corrected chi connectivity index (χ1v) is 8.78. The van der Waals surface area contributed by atoms with E-state index >= 15 is 0 Å². The van der Waals surface area contributed by atoms with Gasteiger partial charge in [0, 0.05) is 26.7 Å². The molecule has 2 N–H and O–H groups in total. The Balaban J connectivity index is 1.76. The van der Waals surface area contributed by atoms with E-state index in [1.165, 1.54) is 37.1 Å². The number of nitrogens with zero attached hydrogens (tertiary/aromatic N) is 2. The number of likely N-dealkylation sites (tertiary alicyclic amines) is 1. The third-order valence-corrected chi connectivity index (χ3v) is 4.69. The van der Waals surface area contributed by atoms with E-state index in [4.69, 9.17) is 0 Å². The number of hydrogen-bond acceptors (Lipinski definition) is 2. The van der Waals surface area contributed by atoms with Crippen LogP contribution in [0, 0.1) is 12.8 Å². The van der Waals surface area contributed by atoms with Gasteiger partial charge in [0.05, 0.1) is 0 Å². The average Bonchev–Trinajstić information content (AvgIpc) is 2.55. The molecule has 1 aromatic carbocycles. The molecule has 1 fully saturated rings. The molecule has 2 unspecified atom stereocenters. The van der Waals surface area contributed by atoms with E-state index in [9.17, 15) is 0 Å². The summed E-state index contributed by atoms with van der Waals surface area (Å²) in [4.78, 5) is 6.78. The van der Waals surface area contributed by atoms with Gasteiger partial charge in [0.1, 0.15) is 0 Å². The van der Waals surface area contributed by atoms with Crippen LogP contribution in [0.1, 0.15) is 36.8 Å². The van der Waals surface area contributed by atoms with Crippen LogP contribution in [-0.2, 0) is 0 Å². The molecule has 0 aliphatic carbocycles. The zero-order valence-electron chi connectivity index (χ0n) is 15.1. The summed E-state index contributed by atoms with van der Waals surface area (Å²) in [5.74, 6) is 2.11. The number of piperidine rings is 1. The van der Waals surface area contributed by atoms with Gasteiger partial charge in [-0.1, -0.05) is 36.8 Å². The molecule has 0 radical (unpaired) electrons. The molecule has 1 saturated heterocycles. The van der Waals surface area contributed by atoms with Gasteiger partial charge in [-0.3, -0.25) is 4.99 Å². The van der Waals surface area contributed by atoms with E-state index in [-0.39, 0.29) is 0 Å². The van der Waals surface area contributed by atoms with Crippen molar-refractivity contribution in [2.75, 3.05) is 40.3 Å². The minimum absolute atomic E-state index is 0.467. The van der Waals surface area contributed by atoms with Gasteiger partial charge < -0.3 is 15.5 Å². The molecule has 2 rings (SSSR count). The molecular formula is C19H32N4. The minimum Gasteiger partial charge on any atom is -0.356 e. The first kappa shape index (κ1) is 17.8. The van der Waals surface area contributed by atoms with Crippen molar-refractivity contribution in [2.45, 2.75) is 32.6 Å². The Morgan fingerprint density at radius 2 is 2.22 bits per heavy atom. The lowest BCUT2D eigenvalue weighted by atomic mass is 9.98. The number of hydrogen-bond donors (Lipinski definition) is 2. The topological polar surface area (TPSA) is 39.7 Å². The highest BCUT2D eigenvalue weighted by Gasteiger charge is 2.17. The summed E-state index contributed by atoms with van der Waals surface area (Å²) in [6.45, 7) is 8.72. The normalized spacial score (nSPS) is 21.0. The molecule has 2 atom stereocenters. The molecular weight excluding hydrogens is 284 g/mol. The van der Waals surface area contributed by atoms with Crippen molar-refractivity contribution < 1.29 is 0 Å². The molecule has 1 aliphatic rings. The first-order valence-electron chi connectivity index (χ1n) is 8.78. The van der Waals surface area contributed by atoms with E-state index in [0.717, 1.165) is 25.0 Å². The van der Waals surface area contributed by atoms with Gasteiger partial charge in [0.15, 0.2) is 5.96 Å². The van der Waals surface area contributed by atoms with Gasteiger partial charge in [-0.2, -0.15) is 0 Å². The lowest BCUT2D eigenvalue weighted by Crippen LogP contribution is -2.44. The molecule has 128 valence electrons. The molecule has 4 nitrogen and oxygen atoms in total. The van der Waals surface area contributed by atoms with Gasteiger partial charge in [0.25, 0.3) is 0 Å². The summed E-state index contributed by atoms with van der Waals surface area (Å²) in [5.41, 5.74) is 2.69. The van der Waals surface area contributed by atoms with E-state index < -0.39 is 0 Å². The fourth-order valence-corrected chi connectivity index (χ4v) is 3.25. The first-order chi connectivity index (χ1) is 11.1. The summed E-state index contributed by atoms with van der Waals surface area (Å²) in [5, 5.41) is 6.95. The summed E-state index contributed by atoms with van der Waals surface area (Å²) in [7, 11) is 4.06. The van der Waals surface area contributed by atoms with Crippen molar-refractivity contribution in [3.8, 4) is 0 Å². The smallest absolute Gasteiger partial charge is 0.191 e. The van der Waals surface area contributed by atoms with Crippen LogP contribution in [-0.4, -0.2) is 51.1 Å². The van der Waals surface area contributed by atoms with Crippen molar-refractivity contribution in [1.29, 1.82) is 0 Å². The number of rotatable bonds is 5. The number of benzene rings is 1. The van der Waals surface area contributed by atoms with Gasteiger partial charge in [0.2, 0.25) is 0 Å². The van der Waals surface area contributed by atoms with Crippen LogP contribution in [0.15, 0.2) is 29.3 Å². The van der Waals surface area contributed by atoms with Crippen molar-refractivity contribution in [1.82, 2.24) is 15.5 Å². The molecule has 1 aliphatic heterocycles. The molecule has 0 saturated carbocycles. The Labute approximate surface area is 141 Å². The second kappa shape index (κ2) is 8.92. The van der Waals surface area contributed by atoms with E-state index in [0.29, 0.717) is 5.92 Å². The quantitative estimate of drug-likeness (QED) is 0.648. The van der Waals surface area contributed by atoms with Crippen LogP contribution in [0.2, 0.25) is 0 Å². The standard InChI is InChI=1S/C19H32N4/c1-15-7-5-9-18(11-15)16(2)12-21-19(20-3)22-13-17-8-6-10-23(4)14-17/h5,7,9,11,16-17H,6,8,10,12-14H2,1-4H3,(H2,20,21,22). The van der Waals surface area contributed by atoms with Crippen LogP contribution >= 0.6 is 0 Å². The van der Waals surface area contributed by atoms with E-state index in [2.05, 4.69) is 65.7 Å². The number of aryl methyl sites for hydroxylation is 1. The summed E-state index contributed by atoms with van der Waals surface area (Å²) < 4.78 is 0. The lowest BCUT2D eigenvalue weighted by molar-refractivity contribution is 0.210. The SMILES string of the molecule is CN=C(NCC1CCCN(C)C1)NCC(C)c1cccc(C)c1. The molecule has 0 spiro atoms. The lowest BCUT2D eigenvalue weighted by Gasteiger charge is -2.30. The number of nitrogens with one attached hydrogen (secondary N) is 2. The van der Waals surface area contributed by atoms with Crippen LogP contribution < -0.4 is 10.6 Å². The second-order valence-corrected chi connectivity index (χ2v) is 6.92. The average molecular weight is 316 g/mol. The van der Waals surface area contributed by atoms with Crippen molar-refractivity contribution >= 4 is 5.96 Å². The predicted molar refractivity (Wildman–Crippen MR) is 99.2 cm³/mol. The zero-order valence-corrected chi connectivity index (χ0v) is 15.1. The molecule has 1 heterocycles. The highest BCUT2D eigenvalue weighted by Crippen LogP contribution is 2.16. The van der Waals surface area contributed by atoms with Gasteiger partial charge in [-0.25, -0.2) is 0 Å². The molecule has 1 aromatic rings. The Bertz CT molecular complexity index is 512. The largest absolute Gasteiger partial charge is 0.356 e. The minimum atomic E-state index is 0.467. The van der Waals surface area contributed by atoms with E-state index in [1.807, 2.05) is 7.05 Å². The highest BCUT2D eigenvalue weighted by molar-refractivity contribution is 5.79. The summed E-state index contributed by atoms with van der Waals surface area (Å²) in [6.07, 6.45) is 2.62. The fraction of sp³-hybridized carbons (Fsp3) is 0.632. The Hall–Kier alpha value is -1.55. The van der Waals surface area contributed by atoms with Gasteiger partial charge in [-0.05, 0) is 50.8 Å². The molecule has 0 aromatic heterocycles. The molecule has 0 bridgehead atoms.